The van der Waals surface area contributed by atoms with E-state index >= 15 is 0 Å². The van der Waals surface area contributed by atoms with E-state index in [1.54, 1.807) is 7.11 Å². The first kappa shape index (κ1) is 26.2. The van der Waals surface area contributed by atoms with Gasteiger partial charge in [0.2, 0.25) is 12.5 Å². The van der Waals surface area contributed by atoms with Crippen molar-refractivity contribution in [3.05, 3.63) is 72.4 Å². The molecule has 198 valence electrons. The number of fused-ring (bicyclic) bond motifs is 5. The van der Waals surface area contributed by atoms with Gasteiger partial charge in [0.15, 0.2) is 35.7 Å². The molecule has 38 heavy (non-hydrogen) atoms. The highest BCUT2D eigenvalue weighted by atomic mass is 79.9. The van der Waals surface area contributed by atoms with Gasteiger partial charge in [0, 0.05) is 12.5 Å². The molecule has 0 amide bonds. The van der Waals surface area contributed by atoms with Crippen molar-refractivity contribution in [2.75, 3.05) is 27.1 Å². The maximum atomic E-state index is 6.33. The number of pyridine rings is 1. The molecule has 0 bridgehead atoms. The maximum Gasteiger partial charge on any atom is 0.231 e. The molecule has 2 aliphatic heterocycles. The minimum Gasteiger partial charge on any atom is -1.00 e. The molecule has 6 nitrogen and oxygen atoms in total. The van der Waals surface area contributed by atoms with Gasteiger partial charge < -0.3 is 40.7 Å². The molecule has 0 spiro atoms. The highest BCUT2D eigenvalue weighted by Gasteiger charge is 2.28. The standard InChI is InChI=1S/C31H32NO5.BrH/c1-33-28-12-11-22-17-27-25-19-30-29(36-21-37-30)18-23(25)13-14-32(27)20-26(22)31(28)35-16-8-3-2-7-15-34-24-9-5-4-6-10-24;/h4-6,9-12,17-20H,2-3,7-8,13-16,21H2,1H3;1H/q+1;/p-1. The molecule has 3 aromatic carbocycles. The van der Waals surface area contributed by atoms with Crippen LogP contribution in [0.5, 0.6) is 28.7 Å². The molecule has 0 atom stereocenters. The van der Waals surface area contributed by atoms with Gasteiger partial charge in [-0.1, -0.05) is 18.2 Å². The number of benzene rings is 3. The number of halogens is 1. The lowest BCUT2D eigenvalue weighted by molar-refractivity contribution is -0.686. The molecule has 0 N–H and O–H groups in total. The average molecular weight is 579 g/mol. The van der Waals surface area contributed by atoms with Gasteiger partial charge in [-0.15, -0.1) is 0 Å². The number of ether oxygens (including phenoxy) is 5. The third-order valence-electron chi connectivity index (χ3n) is 7.09. The number of para-hydroxylation sites is 1. The molecule has 0 aliphatic carbocycles. The Hall–Kier alpha value is -3.45. The summed E-state index contributed by atoms with van der Waals surface area (Å²) in [6, 6.07) is 20.6. The van der Waals surface area contributed by atoms with Crippen LogP contribution in [-0.4, -0.2) is 27.1 Å². The van der Waals surface area contributed by atoms with Crippen molar-refractivity contribution in [1.29, 1.82) is 0 Å². The maximum absolute atomic E-state index is 6.33. The summed E-state index contributed by atoms with van der Waals surface area (Å²) in [5.74, 6) is 4.18. The van der Waals surface area contributed by atoms with Crippen molar-refractivity contribution in [3.8, 4) is 40.0 Å². The van der Waals surface area contributed by atoms with Crippen molar-refractivity contribution in [2.24, 2.45) is 0 Å². The van der Waals surface area contributed by atoms with Crippen LogP contribution in [0.4, 0.5) is 0 Å². The first-order valence-electron chi connectivity index (χ1n) is 13.1. The summed E-state index contributed by atoms with van der Waals surface area (Å²) in [5.41, 5.74) is 3.68. The Labute approximate surface area is 233 Å². The molecule has 0 radical (unpaired) electrons. The van der Waals surface area contributed by atoms with Crippen molar-refractivity contribution in [2.45, 2.75) is 38.6 Å². The van der Waals surface area contributed by atoms with Crippen LogP contribution in [0.15, 0.2) is 66.9 Å². The Bertz CT molecular complexity index is 1410. The van der Waals surface area contributed by atoms with E-state index in [4.69, 9.17) is 23.7 Å². The van der Waals surface area contributed by atoms with Crippen LogP contribution in [0.3, 0.4) is 0 Å². The van der Waals surface area contributed by atoms with Gasteiger partial charge in [0.1, 0.15) is 5.75 Å². The Morgan fingerprint density at radius 3 is 2.39 bits per heavy atom. The molecule has 0 saturated heterocycles. The molecule has 7 heteroatoms. The van der Waals surface area contributed by atoms with Crippen LogP contribution in [0.2, 0.25) is 0 Å². The van der Waals surface area contributed by atoms with E-state index in [2.05, 4.69) is 35.0 Å². The van der Waals surface area contributed by atoms with Crippen molar-refractivity contribution in [3.63, 3.8) is 0 Å². The van der Waals surface area contributed by atoms with Gasteiger partial charge in [-0.05, 0) is 73.0 Å². The highest BCUT2D eigenvalue weighted by molar-refractivity contribution is 5.91. The third-order valence-corrected chi connectivity index (χ3v) is 7.09. The fourth-order valence-electron chi connectivity index (χ4n) is 5.15. The van der Waals surface area contributed by atoms with E-state index in [1.165, 1.54) is 16.8 Å². The fraction of sp³-hybridized carbons (Fsp3) is 0.323. The summed E-state index contributed by atoms with van der Waals surface area (Å²) >= 11 is 0. The zero-order valence-corrected chi connectivity index (χ0v) is 23.2. The summed E-state index contributed by atoms with van der Waals surface area (Å²) in [7, 11) is 1.70. The molecule has 0 saturated carbocycles. The molecular weight excluding hydrogens is 546 g/mol. The number of rotatable bonds is 10. The van der Waals surface area contributed by atoms with E-state index in [-0.39, 0.29) is 23.8 Å². The lowest BCUT2D eigenvalue weighted by Gasteiger charge is -2.18. The summed E-state index contributed by atoms with van der Waals surface area (Å²) < 4.78 is 31.3. The quantitative estimate of drug-likeness (QED) is 0.214. The van der Waals surface area contributed by atoms with Crippen LogP contribution in [0.1, 0.15) is 31.2 Å². The molecule has 0 fully saturated rings. The normalized spacial score (nSPS) is 12.9. The predicted molar refractivity (Wildman–Crippen MR) is 142 cm³/mol. The van der Waals surface area contributed by atoms with Crippen LogP contribution in [-0.2, 0) is 13.0 Å². The molecule has 6 rings (SSSR count). The highest BCUT2D eigenvalue weighted by Crippen LogP contribution is 2.41. The summed E-state index contributed by atoms with van der Waals surface area (Å²) in [6.45, 7) is 2.59. The van der Waals surface area contributed by atoms with Crippen LogP contribution in [0, 0.1) is 0 Å². The predicted octanol–water partition coefficient (Wildman–Crippen LogP) is 3.11. The summed E-state index contributed by atoms with van der Waals surface area (Å²) in [4.78, 5) is 0. The van der Waals surface area contributed by atoms with E-state index < -0.39 is 0 Å². The summed E-state index contributed by atoms with van der Waals surface area (Å²) in [5, 5.41) is 2.20. The van der Waals surface area contributed by atoms with Crippen LogP contribution < -0.4 is 45.2 Å². The Morgan fingerprint density at radius 1 is 0.842 bits per heavy atom. The lowest BCUT2D eigenvalue weighted by Crippen LogP contribution is -3.00. The van der Waals surface area contributed by atoms with E-state index in [1.807, 2.05) is 36.4 Å². The minimum atomic E-state index is 0. The number of nitrogens with zero attached hydrogens (tertiary/aromatic N) is 1. The topological polar surface area (TPSA) is 50.0 Å². The lowest BCUT2D eigenvalue weighted by atomic mass is 9.95. The van der Waals surface area contributed by atoms with Gasteiger partial charge in [0.25, 0.3) is 0 Å². The number of aryl methyl sites for hydroxylation is 2. The Balaban J connectivity index is 0.00000294. The first-order valence-corrected chi connectivity index (χ1v) is 13.1. The third kappa shape index (κ3) is 5.39. The van der Waals surface area contributed by atoms with Gasteiger partial charge >= 0.3 is 0 Å². The van der Waals surface area contributed by atoms with Crippen LogP contribution >= 0.6 is 0 Å². The largest absolute Gasteiger partial charge is 1.00 e. The fourth-order valence-corrected chi connectivity index (χ4v) is 5.15. The molecule has 0 unspecified atom stereocenters. The van der Waals surface area contributed by atoms with Gasteiger partial charge in [-0.2, -0.15) is 4.57 Å². The molecular formula is C31H32BrNO5. The van der Waals surface area contributed by atoms with Crippen molar-refractivity contribution >= 4 is 10.8 Å². The van der Waals surface area contributed by atoms with Crippen LogP contribution in [0.25, 0.3) is 22.0 Å². The number of aromatic nitrogens is 1. The minimum absolute atomic E-state index is 0. The molecule has 2 aliphatic rings. The SMILES string of the molecule is COc1ccc2cc3[n+](cc2c1OCCCCCCOc1ccccc1)CCc1cc2c(cc1-3)OCO2.[Br-]. The van der Waals surface area contributed by atoms with Crippen molar-refractivity contribution < 1.29 is 45.2 Å². The average Bonchev–Trinajstić information content (AvgIpc) is 3.40. The zero-order valence-electron chi connectivity index (χ0n) is 21.6. The first-order chi connectivity index (χ1) is 18.3. The zero-order chi connectivity index (χ0) is 25.0. The number of hydrogen-bond donors (Lipinski definition) is 0. The Morgan fingerprint density at radius 2 is 1.61 bits per heavy atom. The second-order valence-electron chi connectivity index (χ2n) is 9.49. The van der Waals surface area contributed by atoms with Gasteiger partial charge in [-0.25, -0.2) is 0 Å². The van der Waals surface area contributed by atoms with E-state index in [0.717, 1.165) is 84.8 Å². The van der Waals surface area contributed by atoms with Gasteiger partial charge in [-0.3, -0.25) is 0 Å². The smallest absolute Gasteiger partial charge is 0.231 e. The molecule has 3 heterocycles. The Kier molecular flexibility index (Phi) is 8.23. The van der Waals surface area contributed by atoms with E-state index in [9.17, 15) is 0 Å². The van der Waals surface area contributed by atoms with Crippen molar-refractivity contribution in [1.82, 2.24) is 0 Å². The monoisotopic (exact) mass is 577 g/mol. The summed E-state index contributed by atoms with van der Waals surface area (Å²) in [6.07, 6.45) is 7.40. The van der Waals surface area contributed by atoms with E-state index in [0.29, 0.717) is 6.61 Å². The number of hydrogen-bond acceptors (Lipinski definition) is 5. The number of unbranched alkanes of at least 4 members (excludes halogenated alkanes) is 3. The molecule has 4 aromatic rings. The second kappa shape index (κ2) is 11.9. The number of methoxy groups -OCH3 is 1. The van der Waals surface area contributed by atoms with Gasteiger partial charge in [0.05, 0.1) is 31.3 Å². The second-order valence-corrected chi connectivity index (χ2v) is 9.49. The molecule has 1 aromatic heterocycles.